The average molecular weight is 510 g/mol. The number of unbranched alkanes of at least 4 members (excludes halogenated alkanes) is 5. The Morgan fingerprint density at radius 2 is 1.39 bits per heavy atom. The Kier molecular flexibility index (Phi) is 9.13. The van der Waals surface area contributed by atoms with Gasteiger partial charge in [0.15, 0.2) is 5.71 Å². The molecule has 2 aliphatic rings. The first-order chi connectivity index (χ1) is 18.3. The van der Waals surface area contributed by atoms with Crippen molar-refractivity contribution in [1.29, 1.82) is 0 Å². The Hall–Kier alpha value is -2.87. The van der Waals surface area contributed by atoms with E-state index in [0.717, 1.165) is 13.1 Å². The Balaban J connectivity index is 1.58. The van der Waals surface area contributed by atoms with Gasteiger partial charge in [0.25, 0.3) is 0 Å². The molecule has 0 fully saturated rings. The van der Waals surface area contributed by atoms with Gasteiger partial charge in [0.1, 0.15) is 6.54 Å². The molecule has 0 atom stereocenters. The van der Waals surface area contributed by atoms with Crippen molar-refractivity contribution >= 4 is 17.1 Å². The van der Waals surface area contributed by atoms with E-state index in [0.29, 0.717) is 0 Å². The third-order valence-corrected chi connectivity index (χ3v) is 8.55. The summed E-state index contributed by atoms with van der Waals surface area (Å²) in [5, 5.41) is 0. The number of fused-ring (bicyclic) bond motifs is 2. The van der Waals surface area contributed by atoms with Crippen LogP contribution in [0.4, 0.5) is 11.4 Å². The van der Waals surface area contributed by atoms with Crippen LogP contribution in [0.5, 0.6) is 0 Å². The fourth-order valence-electron chi connectivity index (χ4n) is 6.34. The lowest BCUT2D eigenvalue weighted by molar-refractivity contribution is -0.438. The highest BCUT2D eigenvalue weighted by molar-refractivity contribution is 6.03. The highest BCUT2D eigenvalue weighted by atomic mass is 15.2. The number of para-hydroxylation sites is 2. The molecule has 0 bridgehead atoms. The molecule has 0 radical (unpaired) electrons. The highest BCUT2D eigenvalue weighted by Gasteiger charge is 2.43. The maximum absolute atomic E-state index is 2.57. The summed E-state index contributed by atoms with van der Waals surface area (Å²) >= 11 is 0. The van der Waals surface area contributed by atoms with Crippen molar-refractivity contribution in [3.05, 3.63) is 95.7 Å². The lowest BCUT2D eigenvalue weighted by atomic mass is 9.81. The molecule has 4 rings (SSSR count). The molecule has 202 valence electrons. The fraction of sp³-hybridized carbons (Fsp3) is 0.472. The number of benzene rings is 2. The molecule has 2 aromatic carbocycles. The molecule has 2 aromatic rings. The lowest BCUT2D eigenvalue weighted by Gasteiger charge is -2.27. The molecule has 0 spiro atoms. The molecule has 2 heteroatoms. The van der Waals surface area contributed by atoms with Gasteiger partial charge in [-0.05, 0) is 44.4 Å². The molecular formula is C36H49N2+. The molecule has 0 saturated heterocycles. The summed E-state index contributed by atoms with van der Waals surface area (Å²) in [6, 6.07) is 17.9. The number of allylic oxidation sites excluding steroid dienone is 6. The van der Waals surface area contributed by atoms with Crippen LogP contribution in [0.25, 0.3) is 0 Å². The summed E-state index contributed by atoms with van der Waals surface area (Å²) in [4.78, 5) is 2.57. The van der Waals surface area contributed by atoms with E-state index in [4.69, 9.17) is 0 Å². The van der Waals surface area contributed by atoms with Crippen molar-refractivity contribution in [3.63, 3.8) is 0 Å². The van der Waals surface area contributed by atoms with Crippen LogP contribution in [0.2, 0.25) is 0 Å². The van der Waals surface area contributed by atoms with Crippen molar-refractivity contribution in [2.24, 2.45) is 0 Å². The molecule has 38 heavy (non-hydrogen) atoms. The molecular weight excluding hydrogens is 460 g/mol. The van der Waals surface area contributed by atoms with Crippen LogP contribution in [0, 0.1) is 0 Å². The van der Waals surface area contributed by atoms with E-state index in [9.17, 15) is 0 Å². The van der Waals surface area contributed by atoms with Crippen molar-refractivity contribution in [2.75, 3.05) is 18.0 Å². The monoisotopic (exact) mass is 509 g/mol. The molecule has 2 heterocycles. The van der Waals surface area contributed by atoms with Crippen molar-refractivity contribution in [3.8, 4) is 0 Å². The van der Waals surface area contributed by atoms with Crippen molar-refractivity contribution in [2.45, 2.75) is 97.3 Å². The number of nitrogens with zero attached hydrogens (tertiary/aromatic N) is 2. The van der Waals surface area contributed by atoms with Gasteiger partial charge in [-0.25, -0.2) is 0 Å². The minimum Gasteiger partial charge on any atom is -0.344 e. The second-order valence-corrected chi connectivity index (χ2v) is 12.0. The molecule has 0 unspecified atom stereocenters. The van der Waals surface area contributed by atoms with E-state index >= 15 is 0 Å². The van der Waals surface area contributed by atoms with Gasteiger partial charge in [0.2, 0.25) is 5.69 Å². The SMILES string of the molecule is CCCCCCN1C(=CC=CC=CC2=[N+](CCCCC)c3ccccc3C2(C)C)C(C)(C)c2ccccc21. The Morgan fingerprint density at radius 1 is 0.711 bits per heavy atom. The van der Waals surface area contributed by atoms with Gasteiger partial charge in [-0.3, -0.25) is 0 Å². The smallest absolute Gasteiger partial charge is 0.209 e. The Bertz CT molecular complexity index is 1220. The van der Waals surface area contributed by atoms with Crippen LogP contribution in [-0.4, -0.2) is 23.4 Å². The highest BCUT2D eigenvalue weighted by Crippen LogP contribution is 2.47. The van der Waals surface area contributed by atoms with Crippen LogP contribution in [0.3, 0.4) is 0 Å². The standard InChI is InChI=1S/C36H49N2/c1-7-9-11-20-28-38-32-24-18-16-22-30(32)36(5,6)34(38)26-14-12-13-25-33-35(3,4)29-21-15-17-23-31(29)37(33)27-19-10-8-2/h12-18,21-26H,7-11,19-20,27-28H2,1-6H3/q+1. The van der Waals surface area contributed by atoms with Gasteiger partial charge in [0.05, 0.1) is 5.41 Å². The maximum Gasteiger partial charge on any atom is 0.209 e. The van der Waals surface area contributed by atoms with Crippen LogP contribution < -0.4 is 4.90 Å². The zero-order valence-corrected chi connectivity index (χ0v) is 24.8. The number of hydrogen-bond donors (Lipinski definition) is 0. The molecule has 0 N–H and O–H groups in total. The zero-order valence-electron chi connectivity index (χ0n) is 24.8. The first-order valence-corrected chi connectivity index (χ1v) is 15.0. The zero-order chi connectivity index (χ0) is 27.2. The van der Waals surface area contributed by atoms with Gasteiger partial charge in [-0.1, -0.05) is 108 Å². The van der Waals surface area contributed by atoms with E-state index in [1.54, 1.807) is 0 Å². The molecule has 0 aliphatic carbocycles. The third-order valence-electron chi connectivity index (χ3n) is 8.55. The second kappa shape index (κ2) is 12.3. The third kappa shape index (κ3) is 5.60. The first-order valence-electron chi connectivity index (χ1n) is 15.0. The molecule has 2 nitrogen and oxygen atoms in total. The summed E-state index contributed by atoms with van der Waals surface area (Å²) < 4.78 is 2.56. The number of rotatable bonds is 12. The second-order valence-electron chi connectivity index (χ2n) is 12.0. The molecule has 0 amide bonds. The molecule has 0 aromatic heterocycles. The summed E-state index contributed by atoms with van der Waals surface area (Å²) in [6.07, 6.45) is 20.3. The summed E-state index contributed by atoms with van der Waals surface area (Å²) in [5.74, 6) is 0. The van der Waals surface area contributed by atoms with E-state index in [2.05, 4.69) is 130 Å². The normalized spacial score (nSPS) is 18.8. The average Bonchev–Trinajstić information content (AvgIpc) is 3.26. The van der Waals surface area contributed by atoms with Gasteiger partial charge < -0.3 is 4.90 Å². The van der Waals surface area contributed by atoms with Crippen LogP contribution in [0.1, 0.15) is 97.6 Å². The summed E-state index contributed by atoms with van der Waals surface area (Å²) in [7, 11) is 0. The molecule has 2 aliphatic heterocycles. The van der Waals surface area contributed by atoms with Crippen molar-refractivity contribution in [1.82, 2.24) is 0 Å². The van der Waals surface area contributed by atoms with Crippen molar-refractivity contribution < 1.29 is 4.58 Å². The maximum atomic E-state index is 2.57. The Labute approximate surface area is 232 Å². The molecule has 0 saturated carbocycles. The minimum absolute atomic E-state index is 0.00924. The van der Waals surface area contributed by atoms with E-state index in [-0.39, 0.29) is 10.8 Å². The number of hydrogen-bond acceptors (Lipinski definition) is 1. The fourth-order valence-corrected chi connectivity index (χ4v) is 6.34. The van der Waals surface area contributed by atoms with Gasteiger partial charge >= 0.3 is 0 Å². The van der Waals surface area contributed by atoms with Gasteiger partial charge in [0, 0.05) is 47.5 Å². The van der Waals surface area contributed by atoms with Gasteiger partial charge in [-0.15, -0.1) is 0 Å². The lowest BCUT2D eigenvalue weighted by Crippen LogP contribution is -2.27. The number of anilines is 1. The van der Waals surface area contributed by atoms with Crippen LogP contribution in [-0.2, 0) is 10.8 Å². The van der Waals surface area contributed by atoms with Gasteiger partial charge in [-0.2, -0.15) is 4.58 Å². The summed E-state index contributed by atoms with van der Waals surface area (Å²) in [6.45, 7) is 16.2. The first kappa shape index (κ1) is 28.1. The summed E-state index contributed by atoms with van der Waals surface area (Å²) in [5.41, 5.74) is 8.46. The topological polar surface area (TPSA) is 6.25 Å². The predicted octanol–water partition coefficient (Wildman–Crippen LogP) is 9.63. The predicted molar refractivity (Wildman–Crippen MR) is 166 cm³/mol. The minimum atomic E-state index is 0.00924. The van der Waals surface area contributed by atoms with E-state index in [1.807, 2.05) is 0 Å². The Morgan fingerprint density at radius 3 is 2.16 bits per heavy atom. The quantitative estimate of drug-likeness (QED) is 0.157. The van der Waals surface area contributed by atoms with Crippen LogP contribution >= 0.6 is 0 Å². The van der Waals surface area contributed by atoms with Crippen LogP contribution in [0.15, 0.2) is 84.6 Å². The largest absolute Gasteiger partial charge is 0.344 e. The van der Waals surface area contributed by atoms with E-state index < -0.39 is 0 Å². The van der Waals surface area contributed by atoms with E-state index in [1.165, 1.54) is 78.9 Å².